The Balaban J connectivity index is 1.45. The van der Waals surface area contributed by atoms with Crippen molar-refractivity contribution in [3.05, 3.63) is 53.1 Å². The van der Waals surface area contributed by atoms with Gasteiger partial charge in [0.15, 0.2) is 5.58 Å². The van der Waals surface area contributed by atoms with Gasteiger partial charge in [-0.1, -0.05) is 76.2 Å². The van der Waals surface area contributed by atoms with Gasteiger partial charge in [-0.15, -0.1) is 0 Å². The molecule has 2 aromatic carbocycles. The molecule has 1 N–H and O–H groups in total. The number of nitrogens with one attached hydrogen (secondary N) is 1. The molecule has 3 aromatic rings. The Bertz CT molecular complexity index is 1060. The van der Waals surface area contributed by atoms with E-state index >= 15 is 0 Å². The van der Waals surface area contributed by atoms with Gasteiger partial charge in [0.1, 0.15) is 5.52 Å². The Hall–Kier alpha value is -2.31. The normalized spacial score (nSPS) is 11.8. The number of rotatable bonds is 12. The van der Waals surface area contributed by atoms with Gasteiger partial charge in [0.2, 0.25) is 5.91 Å². The fraction of sp³-hybridized carbons (Fsp3) is 0.500. The number of amides is 1. The fourth-order valence-electron chi connectivity index (χ4n) is 4.13. The van der Waals surface area contributed by atoms with Crippen LogP contribution >= 0.6 is 11.8 Å². The second kappa shape index (κ2) is 12.4. The first-order valence-electron chi connectivity index (χ1n) is 12.3. The number of carbonyl (C=O) groups is 1. The van der Waals surface area contributed by atoms with Gasteiger partial charge in [-0.05, 0) is 56.0 Å². The van der Waals surface area contributed by atoms with E-state index in [9.17, 15) is 4.79 Å². The molecule has 0 aliphatic carbocycles. The summed E-state index contributed by atoms with van der Waals surface area (Å²) in [6.07, 6.45) is 3.47. The Morgan fingerprint density at radius 2 is 1.68 bits per heavy atom. The summed E-state index contributed by atoms with van der Waals surface area (Å²) in [5.74, 6) is 1.79. The van der Waals surface area contributed by atoms with Gasteiger partial charge in [0, 0.05) is 30.0 Å². The number of hydrogen-bond donors (Lipinski definition) is 1. The number of benzene rings is 2. The van der Waals surface area contributed by atoms with E-state index in [1.54, 1.807) is 11.8 Å². The lowest BCUT2D eigenvalue weighted by Crippen LogP contribution is -2.15. The molecule has 184 valence electrons. The monoisotopic (exact) mass is 481 g/mol. The highest BCUT2D eigenvalue weighted by atomic mass is 32.2. The average molecular weight is 482 g/mol. The zero-order valence-corrected chi connectivity index (χ0v) is 22.3. The highest BCUT2D eigenvalue weighted by Gasteiger charge is 2.16. The molecule has 0 unspecified atom stereocenters. The van der Waals surface area contributed by atoms with Crippen molar-refractivity contribution in [3.8, 4) is 0 Å². The molecule has 1 aromatic heterocycles. The van der Waals surface area contributed by atoms with Gasteiger partial charge < -0.3 is 14.6 Å². The summed E-state index contributed by atoms with van der Waals surface area (Å²) in [4.78, 5) is 19.4. The van der Waals surface area contributed by atoms with Crippen molar-refractivity contribution in [2.45, 2.75) is 77.0 Å². The van der Waals surface area contributed by atoms with Crippen LogP contribution in [0.3, 0.4) is 0 Å². The quantitative estimate of drug-likeness (QED) is 0.215. The second-order valence-electron chi connectivity index (χ2n) is 9.81. The van der Waals surface area contributed by atoms with Crippen LogP contribution in [0.1, 0.15) is 81.9 Å². The summed E-state index contributed by atoms with van der Waals surface area (Å²) < 4.78 is 6.03. The second-order valence-corrected chi connectivity index (χ2v) is 10.9. The van der Waals surface area contributed by atoms with Crippen LogP contribution in [-0.2, 0) is 11.3 Å². The van der Waals surface area contributed by atoms with Crippen LogP contribution in [0.5, 0.6) is 0 Å². The molecule has 34 heavy (non-hydrogen) atoms. The number of anilines is 1. The Labute approximate surface area is 208 Å². The van der Waals surface area contributed by atoms with E-state index in [2.05, 4.69) is 81.3 Å². The highest BCUT2D eigenvalue weighted by molar-refractivity contribution is 7.99. The van der Waals surface area contributed by atoms with Crippen LogP contribution in [0, 0.1) is 0 Å². The maximum absolute atomic E-state index is 12.7. The molecule has 6 heteroatoms. The number of thioether (sulfide) groups is 1. The van der Waals surface area contributed by atoms with Gasteiger partial charge in [-0.3, -0.25) is 4.79 Å². The van der Waals surface area contributed by atoms with Gasteiger partial charge in [0.05, 0.1) is 0 Å². The van der Waals surface area contributed by atoms with Crippen LogP contribution in [0.2, 0.25) is 0 Å². The summed E-state index contributed by atoms with van der Waals surface area (Å²) >= 11 is 1.65. The van der Waals surface area contributed by atoms with Crippen LogP contribution in [0.4, 0.5) is 5.69 Å². The number of carbonyl (C=O) groups excluding carboxylic acids is 1. The lowest BCUT2D eigenvalue weighted by Gasteiger charge is -2.20. The molecule has 0 saturated carbocycles. The molecular formula is C28H39N3O2S. The van der Waals surface area contributed by atoms with Crippen LogP contribution in [0.15, 0.2) is 46.0 Å². The maximum Gasteiger partial charge on any atom is 0.256 e. The molecule has 0 radical (unpaired) electrons. The molecule has 0 aliphatic rings. The number of para-hydroxylation sites is 2. The van der Waals surface area contributed by atoms with Crippen LogP contribution < -0.4 is 5.32 Å². The van der Waals surface area contributed by atoms with Crippen molar-refractivity contribution in [1.82, 2.24) is 9.88 Å². The largest absolute Gasteiger partial charge is 0.431 e. The molecule has 3 rings (SSSR count). The number of nitrogens with zero attached hydrogens (tertiary/aromatic N) is 2. The number of hydrogen-bond acceptors (Lipinski definition) is 5. The van der Waals surface area contributed by atoms with Crippen molar-refractivity contribution >= 4 is 34.5 Å². The first-order chi connectivity index (χ1) is 16.3. The Kier molecular flexibility index (Phi) is 9.60. The molecule has 0 fully saturated rings. The molecule has 5 nitrogen and oxygen atoms in total. The third-order valence-electron chi connectivity index (χ3n) is 5.87. The predicted molar refractivity (Wildman–Crippen MR) is 144 cm³/mol. The van der Waals surface area contributed by atoms with E-state index in [1.807, 2.05) is 12.1 Å². The molecule has 0 atom stereocenters. The van der Waals surface area contributed by atoms with E-state index in [1.165, 1.54) is 11.1 Å². The molecule has 1 heterocycles. The third-order valence-corrected chi connectivity index (χ3v) is 6.79. The van der Waals surface area contributed by atoms with Crippen LogP contribution in [-0.4, -0.2) is 35.6 Å². The average Bonchev–Trinajstić information content (AvgIpc) is 3.19. The predicted octanol–water partition coefficient (Wildman–Crippen LogP) is 7.43. The fourth-order valence-corrected chi connectivity index (χ4v) is 4.96. The van der Waals surface area contributed by atoms with Gasteiger partial charge in [-0.2, -0.15) is 0 Å². The van der Waals surface area contributed by atoms with Crippen molar-refractivity contribution in [2.24, 2.45) is 0 Å². The zero-order valence-electron chi connectivity index (χ0n) is 21.5. The standard InChI is InChI=1S/C28H39N3O2S/c1-19(2)22-13-11-14-23(20(3)4)26(22)30-25(32)16-8-7-9-17-34-28-29-24-15-10-12-21(18-31(5)6)27(24)33-28/h10-15,19-20H,7-9,16-18H2,1-6H3,(H,30,32). The van der Waals surface area contributed by atoms with E-state index < -0.39 is 0 Å². The smallest absolute Gasteiger partial charge is 0.256 e. The first-order valence-corrected chi connectivity index (χ1v) is 13.3. The van der Waals surface area contributed by atoms with E-state index in [0.29, 0.717) is 18.3 Å². The van der Waals surface area contributed by atoms with E-state index in [4.69, 9.17) is 4.42 Å². The summed E-state index contributed by atoms with van der Waals surface area (Å²) in [7, 11) is 4.11. The molecule has 0 saturated heterocycles. The zero-order chi connectivity index (χ0) is 24.7. The molecule has 0 bridgehead atoms. The van der Waals surface area contributed by atoms with E-state index in [0.717, 1.165) is 59.1 Å². The first kappa shape index (κ1) is 26.3. The lowest BCUT2D eigenvalue weighted by molar-refractivity contribution is -0.116. The minimum absolute atomic E-state index is 0.107. The summed E-state index contributed by atoms with van der Waals surface area (Å²) in [5, 5.41) is 3.95. The Morgan fingerprint density at radius 1 is 1.00 bits per heavy atom. The van der Waals surface area contributed by atoms with Crippen molar-refractivity contribution in [2.75, 3.05) is 25.2 Å². The summed E-state index contributed by atoms with van der Waals surface area (Å²) in [5.41, 5.74) is 6.40. The minimum Gasteiger partial charge on any atom is -0.431 e. The number of unbranched alkanes of at least 4 members (excludes halogenated alkanes) is 2. The molecule has 0 aliphatic heterocycles. The lowest BCUT2D eigenvalue weighted by atomic mass is 9.92. The maximum atomic E-state index is 12.7. The van der Waals surface area contributed by atoms with Crippen molar-refractivity contribution in [3.63, 3.8) is 0 Å². The molecule has 1 amide bonds. The van der Waals surface area contributed by atoms with Gasteiger partial charge >= 0.3 is 0 Å². The highest BCUT2D eigenvalue weighted by Crippen LogP contribution is 2.32. The van der Waals surface area contributed by atoms with Crippen molar-refractivity contribution in [1.29, 1.82) is 0 Å². The number of aromatic nitrogens is 1. The topological polar surface area (TPSA) is 58.4 Å². The van der Waals surface area contributed by atoms with Crippen LogP contribution in [0.25, 0.3) is 11.1 Å². The summed E-state index contributed by atoms with van der Waals surface area (Å²) in [6, 6.07) is 12.5. The minimum atomic E-state index is 0.107. The van der Waals surface area contributed by atoms with Gasteiger partial charge in [-0.25, -0.2) is 4.98 Å². The van der Waals surface area contributed by atoms with Gasteiger partial charge in [0.25, 0.3) is 5.22 Å². The SMILES string of the molecule is CC(C)c1cccc(C(C)C)c1NC(=O)CCCCCSc1nc2cccc(CN(C)C)c2o1. The number of fused-ring (bicyclic) bond motifs is 1. The van der Waals surface area contributed by atoms with E-state index in [-0.39, 0.29) is 5.91 Å². The Morgan fingerprint density at radius 3 is 2.32 bits per heavy atom. The number of oxazole rings is 1. The molecule has 0 spiro atoms. The molecular weight excluding hydrogens is 442 g/mol. The summed E-state index contributed by atoms with van der Waals surface area (Å²) in [6.45, 7) is 9.53. The van der Waals surface area contributed by atoms with Crippen molar-refractivity contribution < 1.29 is 9.21 Å². The third kappa shape index (κ3) is 7.09.